The Kier molecular flexibility index (Phi) is 5.22. The highest BCUT2D eigenvalue weighted by molar-refractivity contribution is 7.92. The Bertz CT molecular complexity index is 717. The molecule has 2 fully saturated rings. The predicted molar refractivity (Wildman–Crippen MR) is 97.2 cm³/mol. The first-order valence-electron chi connectivity index (χ1n) is 8.86. The second-order valence-electron chi connectivity index (χ2n) is 7.05. The van der Waals surface area contributed by atoms with E-state index in [0.717, 1.165) is 22.9 Å². The van der Waals surface area contributed by atoms with Gasteiger partial charge in [0.15, 0.2) is 0 Å². The Balaban J connectivity index is 1.67. The fourth-order valence-electron chi connectivity index (χ4n) is 4.08. The van der Waals surface area contributed by atoms with Crippen molar-refractivity contribution in [3.8, 4) is 5.75 Å². The van der Waals surface area contributed by atoms with Gasteiger partial charge in [-0.2, -0.15) is 0 Å². The second kappa shape index (κ2) is 7.23. The fourth-order valence-corrected chi connectivity index (χ4v) is 4.94. The summed E-state index contributed by atoms with van der Waals surface area (Å²) in [7, 11) is -3.55. The van der Waals surface area contributed by atoms with Gasteiger partial charge in [0, 0.05) is 6.04 Å². The van der Waals surface area contributed by atoms with E-state index in [1.54, 1.807) is 24.3 Å². The number of benzene rings is 1. The number of anilines is 1. The predicted octanol–water partition coefficient (Wildman–Crippen LogP) is 2.16. The molecule has 3 rings (SSSR count). The molecule has 1 amide bonds. The Morgan fingerprint density at radius 2 is 1.96 bits per heavy atom. The Hall–Kier alpha value is -1.76. The molecule has 0 radical (unpaired) electrons. The summed E-state index contributed by atoms with van der Waals surface area (Å²) in [6.07, 6.45) is 5.77. The number of hydrogen-bond acceptors (Lipinski definition) is 4. The molecule has 25 heavy (non-hydrogen) atoms. The van der Waals surface area contributed by atoms with Gasteiger partial charge >= 0.3 is 0 Å². The van der Waals surface area contributed by atoms with Crippen molar-refractivity contribution in [2.45, 2.75) is 38.6 Å². The smallest absolute Gasteiger partial charge is 0.241 e. The second-order valence-corrected chi connectivity index (χ2v) is 8.95. The molecule has 2 aliphatic carbocycles. The monoisotopic (exact) mass is 366 g/mol. The summed E-state index contributed by atoms with van der Waals surface area (Å²) in [5.41, 5.74) is 0.467. The van der Waals surface area contributed by atoms with E-state index in [0.29, 0.717) is 24.0 Å². The summed E-state index contributed by atoms with van der Waals surface area (Å²) < 4.78 is 30.8. The first-order chi connectivity index (χ1) is 11.9. The lowest BCUT2D eigenvalue weighted by molar-refractivity contribution is -0.120. The van der Waals surface area contributed by atoms with Gasteiger partial charge in [-0.25, -0.2) is 8.42 Å². The van der Waals surface area contributed by atoms with Crippen molar-refractivity contribution in [2.24, 2.45) is 11.8 Å². The minimum Gasteiger partial charge on any atom is -0.494 e. The normalized spacial score (nSPS) is 25.0. The first-order valence-corrected chi connectivity index (χ1v) is 10.7. The van der Waals surface area contributed by atoms with Crippen molar-refractivity contribution < 1.29 is 17.9 Å². The van der Waals surface area contributed by atoms with E-state index in [1.807, 2.05) is 6.92 Å². The third-order valence-electron chi connectivity index (χ3n) is 5.21. The number of fused-ring (bicyclic) bond motifs is 2. The van der Waals surface area contributed by atoms with Crippen LogP contribution in [0.3, 0.4) is 0 Å². The molecule has 2 bridgehead atoms. The van der Waals surface area contributed by atoms with Gasteiger partial charge in [-0.15, -0.1) is 0 Å². The number of nitrogens with one attached hydrogen (secondary N) is 1. The highest BCUT2D eigenvalue weighted by atomic mass is 32.2. The number of carbonyl (C=O) groups is 1. The summed E-state index contributed by atoms with van der Waals surface area (Å²) in [5, 5.41) is 3.04. The lowest BCUT2D eigenvalue weighted by atomic mass is 9.95. The van der Waals surface area contributed by atoms with Crippen LogP contribution < -0.4 is 14.4 Å². The highest BCUT2D eigenvalue weighted by Gasteiger charge is 2.40. The molecule has 7 heteroatoms. The summed E-state index contributed by atoms with van der Waals surface area (Å²) >= 11 is 0. The molecule has 0 heterocycles. The van der Waals surface area contributed by atoms with Gasteiger partial charge in [0.25, 0.3) is 0 Å². The Labute approximate surface area is 149 Å². The zero-order valence-electron chi connectivity index (χ0n) is 14.8. The van der Waals surface area contributed by atoms with Gasteiger partial charge in [0.05, 0.1) is 18.6 Å². The fraction of sp³-hybridized carbons (Fsp3) is 0.611. The molecule has 2 aliphatic rings. The van der Waals surface area contributed by atoms with Crippen LogP contribution >= 0.6 is 0 Å². The van der Waals surface area contributed by atoms with Crippen LogP contribution in [0.15, 0.2) is 24.3 Å². The molecule has 138 valence electrons. The van der Waals surface area contributed by atoms with E-state index in [9.17, 15) is 13.2 Å². The minimum atomic E-state index is -3.55. The lowest BCUT2D eigenvalue weighted by Crippen LogP contribution is -2.45. The number of hydrogen-bond donors (Lipinski definition) is 1. The van der Waals surface area contributed by atoms with Gasteiger partial charge in [0.2, 0.25) is 15.9 Å². The number of rotatable bonds is 7. The van der Waals surface area contributed by atoms with Crippen LogP contribution in [0.5, 0.6) is 5.75 Å². The SMILES string of the molecule is CCOc1ccc(N(CC(=O)N[C@@H]2C[C@@H]3CC[C@@H]2C3)S(C)(=O)=O)cc1. The molecular weight excluding hydrogens is 340 g/mol. The largest absolute Gasteiger partial charge is 0.494 e. The summed E-state index contributed by atoms with van der Waals surface area (Å²) in [6.45, 7) is 2.23. The van der Waals surface area contributed by atoms with Crippen molar-refractivity contribution >= 4 is 21.6 Å². The number of amides is 1. The highest BCUT2D eigenvalue weighted by Crippen LogP contribution is 2.44. The van der Waals surface area contributed by atoms with Crippen LogP contribution in [0.4, 0.5) is 5.69 Å². The molecule has 1 aromatic rings. The third kappa shape index (κ3) is 4.26. The molecule has 0 spiro atoms. The summed E-state index contributed by atoms with van der Waals surface area (Å²) in [4.78, 5) is 12.4. The Morgan fingerprint density at radius 1 is 1.24 bits per heavy atom. The van der Waals surface area contributed by atoms with E-state index in [4.69, 9.17) is 4.74 Å². The molecule has 0 unspecified atom stereocenters. The van der Waals surface area contributed by atoms with E-state index in [-0.39, 0.29) is 18.5 Å². The van der Waals surface area contributed by atoms with Crippen LogP contribution in [-0.2, 0) is 14.8 Å². The molecule has 6 nitrogen and oxygen atoms in total. The molecular formula is C18H26N2O4S. The van der Waals surface area contributed by atoms with Crippen molar-refractivity contribution in [1.82, 2.24) is 5.32 Å². The van der Waals surface area contributed by atoms with Gasteiger partial charge in [-0.1, -0.05) is 6.42 Å². The van der Waals surface area contributed by atoms with Crippen molar-refractivity contribution in [2.75, 3.05) is 23.7 Å². The average Bonchev–Trinajstić information content (AvgIpc) is 3.15. The van der Waals surface area contributed by atoms with E-state index in [2.05, 4.69) is 5.32 Å². The van der Waals surface area contributed by atoms with Crippen molar-refractivity contribution in [3.05, 3.63) is 24.3 Å². The molecule has 1 N–H and O–H groups in total. The Morgan fingerprint density at radius 3 is 2.48 bits per heavy atom. The molecule has 3 atom stereocenters. The van der Waals surface area contributed by atoms with Crippen LogP contribution in [0, 0.1) is 11.8 Å². The van der Waals surface area contributed by atoms with Crippen LogP contribution in [0.1, 0.15) is 32.6 Å². The summed E-state index contributed by atoms with van der Waals surface area (Å²) in [6, 6.07) is 6.96. The minimum absolute atomic E-state index is 0.194. The van der Waals surface area contributed by atoms with Gasteiger partial charge < -0.3 is 10.1 Å². The van der Waals surface area contributed by atoms with Gasteiger partial charge in [0.1, 0.15) is 12.3 Å². The topological polar surface area (TPSA) is 75.7 Å². The molecule has 0 aromatic heterocycles. The standard InChI is InChI=1S/C18H26N2O4S/c1-3-24-16-8-6-15(7-9-16)20(25(2,22)23)12-18(21)19-17-11-13-4-5-14(17)10-13/h6-9,13-14,17H,3-5,10-12H2,1-2H3,(H,19,21)/t13-,14-,17-/m1/s1. The van der Waals surface area contributed by atoms with Crippen molar-refractivity contribution in [3.63, 3.8) is 0 Å². The maximum Gasteiger partial charge on any atom is 0.241 e. The van der Waals surface area contributed by atoms with Gasteiger partial charge in [-0.05, 0) is 62.3 Å². The van der Waals surface area contributed by atoms with Crippen LogP contribution in [0.2, 0.25) is 0 Å². The first kappa shape index (κ1) is 18.0. The van der Waals surface area contributed by atoms with Gasteiger partial charge in [-0.3, -0.25) is 9.10 Å². The average molecular weight is 366 g/mol. The van der Waals surface area contributed by atoms with Crippen molar-refractivity contribution in [1.29, 1.82) is 0 Å². The number of nitrogens with zero attached hydrogens (tertiary/aromatic N) is 1. The lowest BCUT2D eigenvalue weighted by Gasteiger charge is -2.26. The number of carbonyl (C=O) groups excluding carboxylic acids is 1. The number of sulfonamides is 1. The van der Waals surface area contributed by atoms with E-state index >= 15 is 0 Å². The zero-order chi connectivity index (χ0) is 18.0. The van der Waals surface area contributed by atoms with Crippen LogP contribution in [0.25, 0.3) is 0 Å². The van der Waals surface area contributed by atoms with E-state index < -0.39 is 10.0 Å². The maximum atomic E-state index is 12.4. The third-order valence-corrected chi connectivity index (χ3v) is 6.35. The molecule has 2 saturated carbocycles. The molecule has 1 aromatic carbocycles. The van der Waals surface area contributed by atoms with Crippen LogP contribution in [-0.4, -0.2) is 39.8 Å². The molecule has 0 saturated heterocycles. The summed E-state index contributed by atoms with van der Waals surface area (Å²) in [5.74, 6) is 1.72. The number of ether oxygens (including phenoxy) is 1. The maximum absolute atomic E-state index is 12.4. The molecule has 0 aliphatic heterocycles. The zero-order valence-corrected chi connectivity index (χ0v) is 15.6. The quantitative estimate of drug-likeness (QED) is 0.802. The van der Waals surface area contributed by atoms with E-state index in [1.165, 1.54) is 19.3 Å².